The number of ether oxygens (including phenoxy) is 3. The van der Waals surface area contributed by atoms with Gasteiger partial charge in [-0.2, -0.15) is 0 Å². The fraction of sp³-hybridized carbons (Fsp3) is 0.364. The van der Waals surface area contributed by atoms with Crippen LogP contribution in [0.4, 0.5) is 0 Å². The molecule has 3 nitrogen and oxygen atoms in total. The molecular weight excluding hydrogens is 1030 g/mol. The van der Waals surface area contributed by atoms with Crippen molar-refractivity contribution in [3.8, 4) is 99.4 Å². The molecule has 0 bridgehead atoms. The molecule has 0 N–H and O–H groups in total. The van der Waals surface area contributed by atoms with Gasteiger partial charge in [0.25, 0.3) is 0 Å². The zero-order valence-corrected chi connectivity index (χ0v) is 49.7. The summed E-state index contributed by atoms with van der Waals surface area (Å²) in [6, 6.07) is 47.2. The highest BCUT2D eigenvalue weighted by atomic mass is 32.1. The fourth-order valence-electron chi connectivity index (χ4n) is 9.74. The first-order valence-electron chi connectivity index (χ1n) is 27.7. The molecule has 9 heteroatoms. The molecule has 3 unspecified atom stereocenters. The fourth-order valence-corrected chi connectivity index (χ4v) is 16.3. The number of hydrogen-bond donors (Lipinski definition) is 0. The third kappa shape index (κ3) is 14.1. The minimum atomic E-state index is 0.564. The van der Waals surface area contributed by atoms with E-state index in [4.69, 9.17) is 14.2 Å². The topological polar surface area (TPSA) is 27.7 Å². The van der Waals surface area contributed by atoms with Crippen molar-refractivity contribution in [3.05, 3.63) is 138 Å². The Morgan fingerprint density at radius 2 is 0.773 bits per heavy atom. The lowest BCUT2D eigenvalue weighted by atomic mass is 10.0. The Morgan fingerprint density at radius 3 is 1.20 bits per heavy atom. The minimum absolute atomic E-state index is 0.564. The average Bonchev–Trinajstić information content (AvgIpc) is 4.32. The predicted molar refractivity (Wildman–Crippen MR) is 334 cm³/mol. The van der Waals surface area contributed by atoms with Crippen LogP contribution in [-0.2, 0) is 0 Å². The molecule has 3 aromatic carbocycles. The van der Waals surface area contributed by atoms with E-state index in [1.807, 2.05) is 68.0 Å². The second kappa shape index (κ2) is 27.5. The van der Waals surface area contributed by atoms with Crippen LogP contribution in [0, 0.1) is 17.8 Å². The Hall–Kier alpha value is -4.74. The standard InChI is InChI=1S/C66H74O3S6/c1-7-13-20-45(10-4)42-67-51-26-16-23-48(37-51)54-34-36-71-64(54)60-32-30-57(72-60)63-41-56(50-25-18-28-53(39-50)69-44-47(12-6)22-15-9-3)66(75-63)61-33-31-58(73-61)62-40-55(65(74-62)59-29-19-35-70-59)49-24-17-27-52(38-49)68-43-46(11-5)21-14-8-2/h16-19,23-41,45-47H,7-15,20-22,42-44H2,1-6H3. The van der Waals surface area contributed by atoms with E-state index in [2.05, 4.69) is 180 Å². The molecule has 0 saturated carbocycles. The van der Waals surface area contributed by atoms with Crippen LogP contribution < -0.4 is 14.2 Å². The molecule has 0 aliphatic rings. The molecule has 0 fully saturated rings. The number of hydrogen-bond acceptors (Lipinski definition) is 9. The first kappa shape index (κ1) is 55.0. The van der Waals surface area contributed by atoms with Crippen LogP contribution in [0.5, 0.6) is 17.2 Å². The monoisotopic (exact) mass is 1110 g/mol. The molecule has 0 amide bonds. The number of thiophene rings is 6. The van der Waals surface area contributed by atoms with E-state index in [0.29, 0.717) is 17.8 Å². The molecule has 392 valence electrons. The molecule has 0 aliphatic carbocycles. The third-order valence-electron chi connectivity index (χ3n) is 14.5. The average molecular weight is 1110 g/mol. The van der Waals surface area contributed by atoms with E-state index in [0.717, 1.165) is 56.3 Å². The maximum absolute atomic E-state index is 6.59. The molecule has 9 aromatic rings. The molecule has 0 saturated heterocycles. The Balaban J connectivity index is 1.03. The van der Waals surface area contributed by atoms with Crippen molar-refractivity contribution in [1.29, 1.82) is 0 Å². The lowest BCUT2D eigenvalue weighted by molar-refractivity contribution is 0.233. The van der Waals surface area contributed by atoms with Gasteiger partial charge in [-0.25, -0.2) is 0 Å². The van der Waals surface area contributed by atoms with Crippen LogP contribution in [-0.4, -0.2) is 19.8 Å². The van der Waals surface area contributed by atoms with Gasteiger partial charge in [0.2, 0.25) is 0 Å². The highest BCUT2D eigenvalue weighted by Gasteiger charge is 2.22. The molecule has 6 heterocycles. The van der Waals surface area contributed by atoms with E-state index >= 15 is 0 Å². The van der Waals surface area contributed by atoms with E-state index in [9.17, 15) is 0 Å². The van der Waals surface area contributed by atoms with E-state index in [-0.39, 0.29) is 0 Å². The number of rotatable bonds is 29. The summed E-state index contributed by atoms with van der Waals surface area (Å²) >= 11 is 11.2. The molecule has 9 rings (SSSR count). The van der Waals surface area contributed by atoms with Crippen molar-refractivity contribution in [2.45, 2.75) is 119 Å². The maximum Gasteiger partial charge on any atom is 0.119 e. The van der Waals surface area contributed by atoms with Gasteiger partial charge in [-0.15, -0.1) is 68.0 Å². The largest absolute Gasteiger partial charge is 0.493 e. The summed E-state index contributed by atoms with van der Waals surface area (Å²) in [6.07, 6.45) is 14.5. The summed E-state index contributed by atoms with van der Waals surface area (Å²) in [4.78, 5) is 12.9. The highest BCUT2D eigenvalue weighted by Crippen LogP contribution is 2.52. The SMILES string of the molecule is CCCCC(CC)COc1cccc(-c2ccsc2-c2ccc(-c3cc(-c4cccc(OCC(CC)CCCC)c4)c(-c4ccc(-c5cc(-c6cccc(OCC(CC)CCCC)c6)c(-c6cccs6)s5)s4)s3)s2)c1. The third-order valence-corrected chi connectivity index (χ3v) is 21.7. The van der Waals surface area contributed by atoms with Crippen molar-refractivity contribution >= 4 is 68.0 Å². The lowest BCUT2D eigenvalue weighted by Gasteiger charge is -2.16. The summed E-state index contributed by atoms with van der Waals surface area (Å²) in [7, 11) is 0. The molecule has 3 atom stereocenters. The van der Waals surface area contributed by atoms with Crippen molar-refractivity contribution in [1.82, 2.24) is 0 Å². The zero-order valence-electron chi connectivity index (χ0n) is 44.8. The highest BCUT2D eigenvalue weighted by molar-refractivity contribution is 7.30. The first-order valence-corrected chi connectivity index (χ1v) is 32.7. The van der Waals surface area contributed by atoms with Gasteiger partial charge in [0.1, 0.15) is 17.2 Å². The summed E-state index contributed by atoms with van der Waals surface area (Å²) in [5.74, 6) is 4.58. The van der Waals surface area contributed by atoms with E-state index in [1.165, 1.54) is 140 Å². The predicted octanol–water partition coefficient (Wildman–Crippen LogP) is 23.2. The smallest absolute Gasteiger partial charge is 0.119 e. The van der Waals surface area contributed by atoms with E-state index in [1.54, 1.807) is 0 Å². The normalized spacial score (nSPS) is 12.8. The van der Waals surface area contributed by atoms with Gasteiger partial charge in [0.15, 0.2) is 0 Å². The quantitative estimate of drug-likeness (QED) is 0.0468. The minimum Gasteiger partial charge on any atom is -0.493 e. The Kier molecular flexibility index (Phi) is 20.2. The molecule has 0 aliphatic heterocycles. The van der Waals surface area contributed by atoms with Crippen LogP contribution in [0.3, 0.4) is 0 Å². The Labute approximate surface area is 472 Å². The lowest BCUT2D eigenvalue weighted by Crippen LogP contribution is -2.11. The Bertz CT molecular complexity index is 3140. The first-order chi connectivity index (χ1) is 36.9. The van der Waals surface area contributed by atoms with E-state index < -0.39 is 0 Å². The van der Waals surface area contributed by atoms with Crippen molar-refractivity contribution in [3.63, 3.8) is 0 Å². The number of benzene rings is 3. The molecule has 75 heavy (non-hydrogen) atoms. The zero-order chi connectivity index (χ0) is 51.9. The maximum atomic E-state index is 6.59. The summed E-state index contributed by atoms with van der Waals surface area (Å²) in [5.41, 5.74) is 7.36. The Morgan fingerprint density at radius 1 is 0.347 bits per heavy atom. The van der Waals surface area contributed by atoms with Crippen LogP contribution >= 0.6 is 68.0 Å². The van der Waals surface area contributed by atoms with Crippen molar-refractivity contribution in [2.75, 3.05) is 19.8 Å². The van der Waals surface area contributed by atoms with Crippen LogP contribution in [0.1, 0.15) is 119 Å². The van der Waals surface area contributed by atoms with Crippen LogP contribution in [0.25, 0.3) is 82.2 Å². The van der Waals surface area contributed by atoms with Gasteiger partial charge in [-0.3, -0.25) is 0 Å². The molecule has 6 aromatic heterocycles. The van der Waals surface area contributed by atoms with Crippen molar-refractivity contribution < 1.29 is 14.2 Å². The van der Waals surface area contributed by atoms with Gasteiger partial charge in [0.05, 0.1) is 34.5 Å². The summed E-state index contributed by atoms with van der Waals surface area (Å²) in [5, 5.41) is 4.42. The van der Waals surface area contributed by atoms with Crippen molar-refractivity contribution in [2.24, 2.45) is 17.8 Å². The van der Waals surface area contributed by atoms with Crippen LogP contribution in [0.2, 0.25) is 0 Å². The van der Waals surface area contributed by atoms with Crippen LogP contribution in [0.15, 0.2) is 138 Å². The summed E-state index contributed by atoms with van der Waals surface area (Å²) < 4.78 is 19.5. The second-order valence-corrected chi connectivity index (χ2v) is 26.1. The van der Waals surface area contributed by atoms with Gasteiger partial charge >= 0.3 is 0 Å². The summed E-state index contributed by atoms with van der Waals surface area (Å²) in [6.45, 7) is 16.0. The molecule has 0 spiro atoms. The molecule has 0 radical (unpaired) electrons. The number of unbranched alkanes of at least 4 members (excludes halogenated alkanes) is 3. The molecular formula is C66H74O3S6. The van der Waals surface area contributed by atoms with Gasteiger partial charge in [0, 0.05) is 50.8 Å². The van der Waals surface area contributed by atoms with Gasteiger partial charge in [-0.05, 0) is 149 Å². The second-order valence-electron chi connectivity index (χ2n) is 19.9. The van der Waals surface area contributed by atoms with Gasteiger partial charge in [-0.1, -0.05) is 142 Å². The van der Waals surface area contributed by atoms with Gasteiger partial charge < -0.3 is 14.2 Å².